The van der Waals surface area contributed by atoms with Gasteiger partial charge in [-0.2, -0.15) is 4.99 Å². The van der Waals surface area contributed by atoms with Crippen LogP contribution in [0.25, 0.3) is 0 Å². The maximum atomic E-state index is 10.8. The van der Waals surface area contributed by atoms with E-state index in [1.54, 1.807) is 18.2 Å². The monoisotopic (exact) mass is 204 g/mol. The Labute approximate surface area is 85.6 Å². The van der Waals surface area contributed by atoms with E-state index in [-0.39, 0.29) is 5.69 Å². The summed E-state index contributed by atoms with van der Waals surface area (Å²) in [5.74, 6) is 0. The van der Waals surface area contributed by atoms with Crippen LogP contribution in [0.5, 0.6) is 0 Å². The molecule has 0 atom stereocenters. The molecule has 0 bridgehead atoms. The van der Waals surface area contributed by atoms with E-state index in [9.17, 15) is 14.9 Å². The maximum Gasteiger partial charge on any atom is 0.275 e. The third kappa shape index (κ3) is 1.53. The van der Waals surface area contributed by atoms with Gasteiger partial charge in [0.15, 0.2) is 0 Å². The van der Waals surface area contributed by atoms with Gasteiger partial charge in [-0.05, 0) is 18.9 Å². The minimum Gasteiger partial charge on any atom is -0.258 e. The molecule has 1 aromatic rings. The number of isocyanates is 1. The Morgan fingerprint density at radius 3 is 2.60 bits per heavy atom. The predicted molar refractivity (Wildman–Crippen MR) is 52.1 cm³/mol. The Morgan fingerprint density at radius 1 is 1.40 bits per heavy atom. The van der Waals surface area contributed by atoms with Crippen LogP contribution >= 0.6 is 0 Å². The first-order valence-electron chi connectivity index (χ1n) is 4.52. The Hall–Kier alpha value is -2.00. The molecule has 0 aromatic heterocycles. The number of nitro groups is 1. The van der Waals surface area contributed by atoms with E-state index in [4.69, 9.17) is 0 Å². The number of hydrogen-bond acceptors (Lipinski definition) is 4. The fourth-order valence-corrected chi connectivity index (χ4v) is 1.67. The second kappa shape index (κ2) is 3.29. The van der Waals surface area contributed by atoms with Gasteiger partial charge in [-0.15, -0.1) is 0 Å². The van der Waals surface area contributed by atoms with Crippen LogP contribution in [0.2, 0.25) is 0 Å². The van der Waals surface area contributed by atoms with E-state index < -0.39 is 10.5 Å². The van der Waals surface area contributed by atoms with Crippen LogP contribution in [0.4, 0.5) is 5.69 Å². The van der Waals surface area contributed by atoms with Gasteiger partial charge in [0.05, 0.1) is 10.5 Å². The van der Waals surface area contributed by atoms with Crippen LogP contribution < -0.4 is 0 Å². The molecule has 1 fully saturated rings. The zero-order chi connectivity index (χ0) is 10.9. The van der Waals surface area contributed by atoms with Gasteiger partial charge in [-0.1, -0.05) is 12.1 Å². The van der Waals surface area contributed by atoms with Gasteiger partial charge in [-0.3, -0.25) is 10.1 Å². The lowest BCUT2D eigenvalue weighted by atomic mass is 10.0. The van der Waals surface area contributed by atoms with Gasteiger partial charge < -0.3 is 0 Å². The standard InChI is InChI=1S/C10H8N2O3/c13-7-11-10(5-6-10)8-3-1-2-4-9(8)12(14)15/h1-4H,5-6H2. The summed E-state index contributed by atoms with van der Waals surface area (Å²) in [7, 11) is 0. The zero-order valence-corrected chi connectivity index (χ0v) is 7.84. The maximum absolute atomic E-state index is 10.8. The van der Waals surface area contributed by atoms with Crippen molar-refractivity contribution >= 4 is 11.8 Å². The second-order valence-corrected chi connectivity index (χ2v) is 3.51. The van der Waals surface area contributed by atoms with Crippen molar-refractivity contribution < 1.29 is 9.72 Å². The number of para-hydroxylation sites is 1. The molecule has 15 heavy (non-hydrogen) atoms. The summed E-state index contributed by atoms with van der Waals surface area (Å²) in [6.07, 6.45) is 2.83. The normalized spacial score (nSPS) is 16.5. The Bertz CT molecular complexity index is 459. The molecule has 76 valence electrons. The molecule has 2 rings (SSSR count). The topological polar surface area (TPSA) is 72.6 Å². The van der Waals surface area contributed by atoms with Crippen LogP contribution in [0.1, 0.15) is 18.4 Å². The molecule has 1 aliphatic carbocycles. The minimum atomic E-state index is -0.675. The average Bonchev–Trinajstić information content (AvgIpc) is 2.99. The largest absolute Gasteiger partial charge is 0.275 e. The van der Waals surface area contributed by atoms with Gasteiger partial charge in [0.1, 0.15) is 5.54 Å². The molecule has 0 amide bonds. The van der Waals surface area contributed by atoms with E-state index in [0.29, 0.717) is 18.4 Å². The van der Waals surface area contributed by atoms with Crippen molar-refractivity contribution in [1.82, 2.24) is 0 Å². The number of benzene rings is 1. The van der Waals surface area contributed by atoms with Crippen LogP contribution in [-0.2, 0) is 10.3 Å². The SMILES string of the molecule is O=C=NC1(c2ccccc2[N+](=O)[O-])CC1. The summed E-state index contributed by atoms with van der Waals surface area (Å²) in [6.45, 7) is 0. The molecule has 5 heteroatoms. The fraction of sp³-hybridized carbons (Fsp3) is 0.300. The van der Waals surface area contributed by atoms with Crippen molar-refractivity contribution in [2.24, 2.45) is 4.99 Å². The van der Waals surface area contributed by atoms with Crippen LogP contribution in [-0.4, -0.2) is 11.0 Å². The number of carbonyl (C=O) groups excluding carboxylic acids is 1. The second-order valence-electron chi connectivity index (χ2n) is 3.51. The predicted octanol–water partition coefficient (Wildman–Crippen LogP) is 1.92. The quantitative estimate of drug-likeness (QED) is 0.327. The third-order valence-electron chi connectivity index (χ3n) is 2.59. The van der Waals surface area contributed by atoms with Crippen molar-refractivity contribution in [3.05, 3.63) is 39.9 Å². The number of aliphatic imine (C=N–C) groups is 1. The first kappa shape index (κ1) is 9.55. The number of rotatable bonds is 3. The number of nitrogens with zero attached hydrogens (tertiary/aromatic N) is 2. The van der Waals surface area contributed by atoms with E-state index in [1.165, 1.54) is 12.1 Å². The summed E-state index contributed by atoms with van der Waals surface area (Å²) in [5.41, 5.74) is -0.141. The third-order valence-corrected chi connectivity index (χ3v) is 2.59. The molecule has 5 nitrogen and oxygen atoms in total. The molecule has 0 saturated heterocycles. The van der Waals surface area contributed by atoms with Gasteiger partial charge in [0.2, 0.25) is 6.08 Å². The summed E-state index contributed by atoms with van der Waals surface area (Å²) in [4.78, 5) is 24.2. The number of nitro benzene ring substituents is 1. The van der Waals surface area contributed by atoms with Crippen LogP contribution in [0.15, 0.2) is 29.3 Å². The van der Waals surface area contributed by atoms with Crippen molar-refractivity contribution in [1.29, 1.82) is 0 Å². The van der Waals surface area contributed by atoms with Crippen LogP contribution in [0.3, 0.4) is 0 Å². The molecule has 0 aliphatic heterocycles. The van der Waals surface area contributed by atoms with E-state index in [2.05, 4.69) is 4.99 Å². The number of hydrogen-bond donors (Lipinski definition) is 0. The van der Waals surface area contributed by atoms with Crippen molar-refractivity contribution in [3.63, 3.8) is 0 Å². The highest BCUT2D eigenvalue weighted by molar-refractivity contribution is 5.50. The van der Waals surface area contributed by atoms with Crippen molar-refractivity contribution in [2.75, 3.05) is 0 Å². The average molecular weight is 204 g/mol. The molecule has 0 spiro atoms. The summed E-state index contributed by atoms with van der Waals surface area (Å²) >= 11 is 0. The van der Waals surface area contributed by atoms with Gasteiger partial charge >= 0.3 is 0 Å². The van der Waals surface area contributed by atoms with Gasteiger partial charge in [-0.25, -0.2) is 4.79 Å². The first-order chi connectivity index (χ1) is 7.19. The zero-order valence-electron chi connectivity index (χ0n) is 7.84. The van der Waals surface area contributed by atoms with Crippen molar-refractivity contribution in [2.45, 2.75) is 18.4 Å². The smallest absolute Gasteiger partial charge is 0.258 e. The van der Waals surface area contributed by atoms with E-state index in [0.717, 1.165) is 0 Å². The lowest BCUT2D eigenvalue weighted by Gasteiger charge is -2.07. The Kier molecular flexibility index (Phi) is 2.10. The molecule has 0 unspecified atom stereocenters. The molecule has 1 aliphatic rings. The van der Waals surface area contributed by atoms with Gasteiger partial charge in [0, 0.05) is 6.07 Å². The lowest BCUT2D eigenvalue weighted by Crippen LogP contribution is -2.06. The van der Waals surface area contributed by atoms with Crippen LogP contribution in [0, 0.1) is 10.1 Å². The molecule has 1 aromatic carbocycles. The molecular formula is C10H8N2O3. The molecule has 0 radical (unpaired) electrons. The minimum absolute atomic E-state index is 0.0222. The molecular weight excluding hydrogens is 196 g/mol. The lowest BCUT2D eigenvalue weighted by molar-refractivity contribution is -0.385. The summed E-state index contributed by atoms with van der Waals surface area (Å²) < 4.78 is 0. The fourth-order valence-electron chi connectivity index (χ4n) is 1.67. The Morgan fingerprint density at radius 2 is 2.07 bits per heavy atom. The molecule has 0 N–H and O–H groups in total. The summed E-state index contributed by atoms with van der Waals surface area (Å²) in [6, 6.07) is 6.38. The molecule has 1 saturated carbocycles. The highest BCUT2D eigenvalue weighted by Crippen LogP contribution is 2.51. The first-order valence-corrected chi connectivity index (χ1v) is 4.52. The Balaban J connectivity index is 2.53. The van der Waals surface area contributed by atoms with Crippen molar-refractivity contribution in [3.8, 4) is 0 Å². The van der Waals surface area contributed by atoms with E-state index in [1.807, 2.05) is 0 Å². The highest BCUT2D eigenvalue weighted by atomic mass is 16.6. The van der Waals surface area contributed by atoms with E-state index >= 15 is 0 Å². The highest BCUT2D eigenvalue weighted by Gasteiger charge is 2.48. The molecule has 0 heterocycles. The summed E-state index contributed by atoms with van der Waals surface area (Å²) in [5, 5.41) is 10.8. The van der Waals surface area contributed by atoms with Gasteiger partial charge in [0.25, 0.3) is 5.69 Å².